The maximum Gasteiger partial charge on any atom is 0.0510 e. The van der Waals surface area contributed by atoms with E-state index in [2.05, 4.69) is 90.4 Å². The Hall–Kier alpha value is -2.58. The number of hydrogen-bond acceptors (Lipinski definition) is 2. The van der Waals surface area contributed by atoms with Gasteiger partial charge in [0.25, 0.3) is 0 Å². The molecule has 3 aromatic carbocycles. The highest BCUT2D eigenvalue weighted by Gasteiger charge is 2.32. The summed E-state index contributed by atoms with van der Waals surface area (Å²) in [4.78, 5) is 0. The van der Waals surface area contributed by atoms with Gasteiger partial charge in [-0.1, -0.05) is 66.2 Å². The average molecular weight is 369 g/mol. The van der Waals surface area contributed by atoms with Gasteiger partial charge in [0, 0.05) is 24.7 Å². The van der Waals surface area contributed by atoms with Gasteiger partial charge in [-0.05, 0) is 60.1 Å². The molecule has 2 N–H and O–H groups in total. The molecular weight excluding hydrogens is 340 g/mol. The van der Waals surface area contributed by atoms with Gasteiger partial charge in [0.15, 0.2) is 0 Å². The number of fused-ring (bicyclic) bond motifs is 1. The summed E-state index contributed by atoms with van der Waals surface area (Å²) in [7, 11) is 0. The fourth-order valence-corrected chi connectivity index (χ4v) is 4.83. The van der Waals surface area contributed by atoms with E-state index in [0.717, 1.165) is 13.1 Å². The highest BCUT2D eigenvalue weighted by atomic mass is 15.1. The minimum absolute atomic E-state index is 0.422. The van der Waals surface area contributed by atoms with Crippen LogP contribution in [-0.2, 0) is 6.42 Å². The molecule has 3 aromatic rings. The summed E-state index contributed by atoms with van der Waals surface area (Å²) in [6.45, 7) is 4.33. The van der Waals surface area contributed by atoms with Gasteiger partial charge in [0.1, 0.15) is 0 Å². The fourth-order valence-electron chi connectivity index (χ4n) is 4.83. The van der Waals surface area contributed by atoms with Crippen molar-refractivity contribution in [2.45, 2.75) is 37.6 Å². The molecule has 2 atom stereocenters. The first kappa shape index (κ1) is 17.5. The van der Waals surface area contributed by atoms with Gasteiger partial charge < -0.3 is 10.6 Å². The predicted octanol–water partition coefficient (Wildman–Crippen LogP) is 5.24. The molecule has 142 valence electrons. The third-order valence-electron chi connectivity index (χ3n) is 6.41. The van der Waals surface area contributed by atoms with E-state index in [1.54, 1.807) is 0 Å². The lowest BCUT2D eigenvalue weighted by molar-refractivity contribution is 0.472. The average Bonchev–Trinajstić information content (AvgIpc) is 2.71. The number of anilines is 1. The Bertz CT molecular complexity index is 942. The molecule has 0 spiro atoms. The van der Waals surface area contributed by atoms with Gasteiger partial charge in [0.05, 0.1) is 6.04 Å². The topological polar surface area (TPSA) is 24.1 Å². The van der Waals surface area contributed by atoms with Crippen LogP contribution in [0.5, 0.6) is 0 Å². The smallest absolute Gasteiger partial charge is 0.0510 e. The maximum absolute atomic E-state index is 3.62. The van der Waals surface area contributed by atoms with Crippen molar-refractivity contribution in [3.8, 4) is 0 Å². The molecule has 2 aliphatic rings. The molecule has 1 aliphatic heterocycles. The van der Waals surface area contributed by atoms with Crippen LogP contribution in [0.15, 0.2) is 72.8 Å². The van der Waals surface area contributed by atoms with E-state index in [1.807, 2.05) is 0 Å². The Labute approximate surface area is 168 Å². The van der Waals surface area contributed by atoms with Crippen molar-refractivity contribution in [3.63, 3.8) is 0 Å². The number of rotatable bonds is 4. The summed E-state index contributed by atoms with van der Waals surface area (Å²) >= 11 is 0. The quantitative estimate of drug-likeness (QED) is 0.658. The third kappa shape index (κ3) is 3.33. The molecule has 0 radical (unpaired) electrons. The zero-order chi connectivity index (χ0) is 18.9. The van der Waals surface area contributed by atoms with Crippen LogP contribution in [0.3, 0.4) is 0 Å². The van der Waals surface area contributed by atoms with Gasteiger partial charge in [-0.3, -0.25) is 0 Å². The van der Waals surface area contributed by atoms with Crippen LogP contribution in [0.4, 0.5) is 5.69 Å². The lowest BCUT2D eigenvalue weighted by atomic mass is 9.69. The van der Waals surface area contributed by atoms with Crippen LogP contribution >= 0.6 is 0 Å². The summed E-state index contributed by atoms with van der Waals surface area (Å²) in [5.74, 6) is 0.956. The number of nitrogens with one attached hydrogen (secondary N) is 2. The largest absolute Gasteiger partial charge is 0.380 e. The van der Waals surface area contributed by atoms with E-state index in [0.29, 0.717) is 17.9 Å². The highest BCUT2D eigenvalue weighted by molar-refractivity contribution is 5.51. The molecule has 0 amide bonds. The second-order valence-electron chi connectivity index (χ2n) is 8.36. The van der Waals surface area contributed by atoms with Gasteiger partial charge in [-0.25, -0.2) is 0 Å². The Balaban J connectivity index is 1.52. The second kappa shape index (κ2) is 7.44. The first-order chi connectivity index (χ1) is 13.8. The molecule has 1 heterocycles. The second-order valence-corrected chi connectivity index (χ2v) is 8.36. The van der Waals surface area contributed by atoms with E-state index < -0.39 is 0 Å². The molecule has 1 aliphatic carbocycles. The zero-order valence-electron chi connectivity index (χ0n) is 16.5. The van der Waals surface area contributed by atoms with Gasteiger partial charge in [-0.15, -0.1) is 0 Å². The normalized spacial score (nSPS) is 21.6. The monoisotopic (exact) mass is 368 g/mol. The summed E-state index contributed by atoms with van der Waals surface area (Å²) in [5.41, 5.74) is 8.52. The molecule has 1 fully saturated rings. The molecule has 0 unspecified atom stereocenters. The lowest BCUT2D eigenvalue weighted by Crippen LogP contribution is -2.51. The molecule has 2 nitrogen and oxygen atoms in total. The van der Waals surface area contributed by atoms with E-state index in [-0.39, 0.29) is 0 Å². The molecule has 28 heavy (non-hydrogen) atoms. The first-order valence-corrected chi connectivity index (χ1v) is 10.5. The lowest BCUT2D eigenvalue weighted by Gasteiger charge is -2.35. The Morgan fingerprint density at radius 1 is 0.857 bits per heavy atom. The summed E-state index contributed by atoms with van der Waals surface area (Å²) < 4.78 is 0. The number of hydrogen-bond donors (Lipinski definition) is 2. The van der Waals surface area contributed by atoms with Crippen molar-refractivity contribution >= 4 is 5.69 Å². The highest BCUT2D eigenvalue weighted by Crippen LogP contribution is 2.46. The number of aryl methyl sites for hydroxylation is 2. The van der Waals surface area contributed by atoms with Gasteiger partial charge in [-0.2, -0.15) is 0 Å². The summed E-state index contributed by atoms with van der Waals surface area (Å²) in [5, 5.41) is 6.94. The SMILES string of the molecule is Cc1ccc2c(c1)CC[C@H](c1ccccc1)[C@@H]2c1ccc(NC2CNC2)cc1. The minimum Gasteiger partial charge on any atom is -0.380 e. The van der Waals surface area contributed by atoms with E-state index in [1.165, 1.54) is 46.3 Å². The van der Waals surface area contributed by atoms with Crippen molar-refractivity contribution in [1.29, 1.82) is 0 Å². The van der Waals surface area contributed by atoms with Crippen molar-refractivity contribution < 1.29 is 0 Å². The summed E-state index contributed by atoms with van der Waals surface area (Å²) in [6, 6.07) is 27.9. The van der Waals surface area contributed by atoms with Crippen LogP contribution in [0.1, 0.15) is 46.1 Å². The summed E-state index contributed by atoms with van der Waals surface area (Å²) in [6.07, 6.45) is 2.38. The van der Waals surface area contributed by atoms with Crippen molar-refractivity contribution in [2.75, 3.05) is 18.4 Å². The molecule has 2 heteroatoms. The molecule has 5 rings (SSSR count). The molecule has 1 saturated heterocycles. The van der Waals surface area contributed by atoms with Crippen LogP contribution in [0.25, 0.3) is 0 Å². The van der Waals surface area contributed by atoms with Crippen LogP contribution in [0, 0.1) is 6.92 Å². The van der Waals surface area contributed by atoms with Crippen molar-refractivity contribution in [2.24, 2.45) is 0 Å². The Kier molecular flexibility index (Phi) is 4.66. The third-order valence-corrected chi connectivity index (χ3v) is 6.41. The molecular formula is C26H28N2. The Morgan fingerprint density at radius 3 is 2.36 bits per heavy atom. The Morgan fingerprint density at radius 2 is 1.64 bits per heavy atom. The molecule has 0 saturated carbocycles. The van der Waals surface area contributed by atoms with Crippen LogP contribution < -0.4 is 10.6 Å². The van der Waals surface area contributed by atoms with E-state index in [9.17, 15) is 0 Å². The van der Waals surface area contributed by atoms with Crippen LogP contribution in [-0.4, -0.2) is 19.1 Å². The van der Waals surface area contributed by atoms with Crippen molar-refractivity contribution in [3.05, 3.63) is 101 Å². The number of benzene rings is 3. The molecule has 0 bridgehead atoms. The van der Waals surface area contributed by atoms with Crippen LogP contribution in [0.2, 0.25) is 0 Å². The van der Waals surface area contributed by atoms with E-state index in [4.69, 9.17) is 0 Å². The molecule has 0 aromatic heterocycles. The fraction of sp³-hybridized carbons (Fsp3) is 0.308. The predicted molar refractivity (Wildman–Crippen MR) is 117 cm³/mol. The maximum atomic E-state index is 3.62. The zero-order valence-corrected chi connectivity index (χ0v) is 16.5. The van der Waals surface area contributed by atoms with Crippen molar-refractivity contribution in [1.82, 2.24) is 5.32 Å². The standard InChI is InChI=1S/C26H28N2/c1-18-7-13-25-21(15-18)10-14-24(19-5-3-2-4-6-19)26(25)20-8-11-22(12-9-20)28-23-16-27-17-23/h2-9,11-13,15,23-24,26-28H,10,14,16-17H2,1H3/t24-,26+/m1/s1. The first-order valence-electron chi connectivity index (χ1n) is 10.5. The minimum atomic E-state index is 0.422. The van der Waals surface area contributed by atoms with Gasteiger partial charge >= 0.3 is 0 Å². The van der Waals surface area contributed by atoms with E-state index >= 15 is 0 Å². The van der Waals surface area contributed by atoms with Gasteiger partial charge in [0.2, 0.25) is 0 Å².